The number of nitrogens with zero attached hydrogens (tertiary/aromatic N) is 2. The summed E-state index contributed by atoms with van der Waals surface area (Å²) in [6, 6.07) is 35.9. The number of benzene rings is 4. The fourth-order valence-corrected chi connectivity index (χ4v) is 9.34. The molecule has 1 aromatic heterocycles. The van der Waals surface area contributed by atoms with Crippen molar-refractivity contribution in [2.45, 2.75) is 67.3 Å². The molecule has 1 amide bonds. The monoisotopic (exact) mass is 779 g/mol. The van der Waals surface area contributed by atoms with Gasteiger partial charge in [-0.2, -0.15) is 4.98 Å². The Kier molecular flexibility index (Phi) is 12.0. The number of aliphatic hydroxyl groups is 1. The van der Waals surface area contributed by atoms with Gasteiger partial charge in [-0.3, -0.25) is 9.36 Å². The molecule has 0 aliphatic carbocycles. The van der Waals surface area contributed by atoms with Gasteiger partial charge in [0.05, 0.1) is 32.2 Å². The van der Waals surface area contributed by atoms with Gasteiger partial charge >= 0.3 is 5.69 Å². The molecule has 5 aromatic rings. The molecule has 0 spiro atoms. The van der Waals surface area contributed by atoms with Gasteiger partial charge in [-0.05, 0) is 77.3 Å². The molecule has 1 aliphatic rings. The number of hydrogen-bond acceptors (Lipinski definition) is 9. The van der Waals surface area contributed by atoms with Crippen molar-refractivity contribution >= 4 is 31.8 Å². The van der Waals surface area contributed by atoms with Crippen molar-refractivity contribution in [3.8, 4) is 11.5 Å². The molecule has 288 valence electrons. The zero-order valence-corrected chi connectivity index (χ0v) is 34.1. The molecule has 0 unspecified atom stereocenters. The summed E-state index contributed by atoms with van der Waals surface area (Å²) in [5.41, 5.74) is 1.38. The van der Waals surface area contributed by atoms with Crippen molar-refractivity contribution in [2.24, 2.45) is 0 Å². The fraction of sp³-hybridized carbons (Fsp3) is 0.326. The van der Waals surface area contributed by atoms with E-state index < -0.39 is 42.4 Å². The first-order valence-corrected chi connectivity index (χ1v) is 22.1. The maximum Gasteiger partial charge on any atom is 0.350 e. The average Bonchev–Trinajstić information content (AvgIpc) is 3.48. The highest BCUT2D eigenvalue weighted by molar-refractivity contribution is 8.00. The van der Waals surface area contributed by atoms with Crippen molar-refractivity contribution in [2.75, 3.05) is 26.1 Å². The molecule has 4 aromatic carbocycles. The summed E-state index contributed by atoms with van der Waals surface area (Å²) in [5.74, 6) is 1.18. The lowest BCUT2D eigenvalue weighted by Gasteiger charge is -2.40. The van der Waals surface area contributed by atoms with Crippen LogP contribution in [0.1, 0.15) is 53.2 Å². The number of thioether (sulfide) groups is 1. The van der Waals surface area contributed by atoms with Crippen LogP contribution in [0.2, 0.25) is 18.1 Å². The van der Waals surface area contributed by atoms with Gasteiger partial charge in [-0.25, -0.2) is 4.79 Å². The smallest absolute Gasteiger partial charge is 0.350 e. The Hall–Kier alpha value is -4.72. The van der Waals surface area contributed by atoms with Crippen LogP contribution in [-0.4, -0.2) is 67.2 Å². The second-order valence-electron chi connectivity index (χ2n) is 15.0. The van der Waals surface area contributed by atoms with Crippen molar-refractivity contribution in [3.63, 3.8) is 0 Å². The fourth-order valence-electron chi connectivity index (χ4n) is 6.46. The normalized spacial score (nSPS) is 18.8. The summed E-state index contributed by atoms with van der Waals surface area (Å²) >= 11 is 1.42. The van der Waals surface area contributed by atoms with Gasteiger partial charge in [0, 0.05) is 11.8 Å². The number of hydrogen-bond donors (Lipinski definition) is 2. The summed E-state index contributed by atoms with van der Waals surface area (Å²) in [7, 11) is 0.792. The summed E-state index contributed by atoms with van der Waals surface area (Å²) in [6.45, 7) is 10.8. The minimum atomic E-state index is -2.47. The number of ether oxygens (including phenoxy) is 3. The van der Waals surface area contributed by atoms with Crippen LogP contribution in [0, 0.1) is 0 Å². The van der Waals surface area contributed by atoms with Gasteiger partial charge < -0.3 is 29.1 Å². The Labute approximate surface area is 328 Å². The third-order valence-corrected chi connectivity index (χ3v) is 16.6. The maximum atomic E-state index is 13.8. The molecule has 0 bridgehead atoms. The highest BCUT2D eigenvalue weighted by Gasteiger charge is 2.51. The zero-order chi connectivity index (χ0) is 39.4. The topological polar surface area (TPSA) is 121 Å². The summed E-state index contributed by atoms with van der Waals surface area (Å²) < 4.78 is 26.6. The van der Waals surface area contributed by atoms with E-state index in [1.807, 2.05) is 84.9 Å². The second-order valence-corrected chi connectivity index (χ2v) is 21.2. The minimum absolute atomic E-state index is 0.0973. The molecule has 1 saturated heterocycles. The SMILES string of the molecule is COc1ccc(C(OC[C@H]2S[C@@H](n3ccc(NC(=O)c4ccccc4)nc3=O)[C@H](O[Si](C)(C)C(C)(C)C)[C@@H]2O)(c2ccccc2)c2ccc(OC)cc2)cc1. The Morgan fingerprint density at radius 2 is 1.35 bits per heavy atom. The van der Waals surface area contributed by atoms with E-state index in [1.165, 1.54) is 16.3 Å². The maximum absolute atomic E-state index is 13.8. The van der Waals surface area contributed by atoms with E-state index in [2.05, 4.69) is 44.2 Å². The van der Waals surface area contributed by atoms with Crippen molar-refractivity contribution < 1.29 is 28.5 Å². The van der Waals surface area contributed by atoms with E-state index in [9.17, 15) is 14.7 Å². The first kappa shape index (κ1) is 40.0. The molecule has 2 N–H and O–H groups in total. The van der Waals surface area contributed by atoms with Gasteiger partial charge in [-0.15, -0.1) is 11.8 Å². The number of methoxy groups -OCH3 is 2. The molecule has 1 aliphatic heterocycles. The lowest BCUT2D eigenvalue weighted by Crippen LogP contribution is -2.49. The Morgan fingerprint density at radius 3 is 1.85 bits per heavy atom. The molecule has 10 nitrogen and oxygen atoms in total. The van der Waals surface area contributed by atoms with Gasteiger partial charge in [0.1, 0.15) is 34.4 Å². The molecular formula is C43H49N3O7SSi. The molecule has 1 fully saturated rings. The quantitative estimate of drug-likeness (QED) is 0.0908. The largest absolute Gasteiger partial charge is 0.497 e. The molecule has 4 atom stereocenters. The molecule has 0 saturated carbocycles. The van der Waals surface area contributed by atoms with Crippen LogP contribution in [-0.2, 0) is 14.8 Å². The first-order chi connectivity index (χ1) is 26.3. The number of aromatic nitrogens is 2. The number of carbonyl (C=O) groups excluding carboxylic acids is 1. The standard InChI is InChI=1S/C43H49N3O7SSi/c1-42(2,3)55(6,7)53-38-37(47)35(54-40(38)46-27-26-36(45-41(46)49)44-39(48)29-14-10-8-11-15-29)28-52-43(30-16-12-9-13-17-30,31-18-22-33(50-4)23-19-31)32-20-24-34(51-5)25-21-32/h8-27,35,37-38,40,47H,28H2,1-7H3,(H,44,45,48,49)/t35-,37-,38-,40-/m1/s1. The lowest BCUT2D eigenvalue weighted by atomic mass is 9.80. The molecule has 6 rings (SSSR count). The van der Waals surface area contributed by atoms with Crippen LogP contribution in [0.5, 0.6) is 11.5 Å². The number of rotatable bonds is 13. The number of amides is 1. The summed E-state index contributed by atoms with van der Waals surface area (Å²) in [6.07, 6.45) is -0.153. The van der Waals surface area contributed by atoms with Gasteiger partial charge in [0.2, 0.25) is 0 Å². The lowest BCUT2D eigenvalue weighted by molar-refractivity contribution is -0.0239. The zero-order valence-electron chi connectivity index (χ0n) is 32.3. The number of anilines is 1. The molecule has 2 heterocycles. The highest BCUT2D eigenvalue weighted by Crippen LogP contribution is 2.49. The van der Waals surface area contributed by atoms with Crippen LogP contribution in [0.25, 0.3) is 0 Å². The predicted octanol–water partition coefficient (Wildman–Crippen LogP) is 7.89. The second kappa shape index (κ2) is 16.6. The Morgan fingerprint density at radius 1 is 0.818 bits per heavy atom. The molecule has 12 heteroatoms. The third kappa shape index (κ3) is 8.43. The van der Waals surface area contributed by atoms with Crippen molar-refractivity contribution in [1.29, 1.82) is 0 Å². The Bertz CT molecular complexity index is 2060. The van der Waals surface area contributed by atoms with Gasteiger partial charge in [0.15, 0.2) is 8.32 Å². The van der Waals surface area contributed by atoms with Crippen molar-refractivity contribution in [3.05, 3.63) is 154 Å². The molecular weight excluding hydrogens is 731 g/mol. The van der Waals surface area contributed by atoms with E-state index in [0.717, 1.165) is 16.7 Å². The van der Waals surface area contributed by atoms with Crippen LogP contribution in [0.4, 0.5) is 5.82 Å². The number of carbonyl (C=O) groups is 1. The van der Waals surface area contributed by atoms with E-state index >= 15 is 0 Å². The van der Waals surface area contributed by atoms with Crippen LogP contribution < -0.4 is 20.5 Å². The van der Waals surface area contributed by atoms with Gasteiger partial charge in [0.25, 0.3) is 5.91 Å². The van der Waals surface area contributed by atoms with Crippen LogP contribution >= 0.6 is 11.8 Å². The number of nitrogens with one attached hydrogen (secondary N) is 1. The van der Waals surface area contributed by atoms with E-state index in [4.69, 9.17) is 18.6 Å². The summed E-state index contributed by atoms with van der Waals surface area (Å²) in [5, 5.41) is 13.6. The van der Waals surface area contributed by atoms with E-state index in [0.29, 0.717) is 17.1 Å². The third-order valence-electron chi connectivity index (χ3n) is 10.6. The molecule has 0 radical (unpaired) electrons. The van der Waals surface area contributed by atoms with Gasteiger partial charge in [-0.1, -0.05) is 93.6 Å². The van der Waals surface area contributed by atoms with Crippen LogP contribution in [0.15, 0.2) is 126 Å². The average molecular weight is 780 g/mol. The predicted molar refractivity (Wildman–Crippen MR) is 220 cm³/mol. The first-order valence-electron chi connectivity index (χ1n) is 18.2. The minimum Gasteiger partial charge on any atom is -0.497 e. The molecule has 55 heavy (non-hydrogen) atoms. The Balaban J connectivity index is 1.38. The van der Waals surface area contributed by atoms with Crippen molar-refractivity contribution in [1.82, 2.24) is 9.55 Å². The summed E-state index contributed by atoms with van der Waals surface area (Å²) in [4.78, 5) is 30.8. The van der Waals surface area contributed by atoms with E-state index in [1.54, 1.807) is 50.7 Å². The van der Waals surface area contributed by atoms with Crippen LogP contribution in [0.3, 0.4) is 0 Å². The number of aliphatic hydroxyl groups excluding tert-OH is 1. The highest BCUT2D eigenvalue weighted by atomic mass is 32.2. The van der Waals surface area contributed by atoms with E-state index in [-0.39, 0.29) is 23.4 Å².